The smallest absolute Gasteiger partial charge is 0.251 e. The molecule has 0 aliphatic carbocycles. The predicted molar refractivity (Wildman–Crippen MR) is 73.9 cm³/mol. The molecule has 0 fully saturated rings. The van der Waals surface area contributed by atoms with Crippen molar-refractivity contribution >= 4 is 34.5 Å². The van der Waals surface area contributed by atoms with Crippen molar-refractivity contribution in [3.05, 3.63) is 44.9 Å². The number of carbonyl (C=O) groups is 1. The zero-order valence-electron chi connectivity index (χ0n) is 9.74. The Hall–Kier alpha value is -1.59. The van der Waals surface area contributed by atoms with Crippen molar-refractivity contribution in [3.8, 4) is 0 Å². The molecule has 18 heavy (non-hydrogen) atoms. The van der Waals surface area contributed by atoms with Crippen LogP contribution in [-0.2, 0) is 6.54 Å². The summed E-state index contributed by atoms with van der Waals surface area (Å²) in [6.45, 7) is 2.33. The molecular weight excluding hydrogens is 270 g/mol. The van der Waals surface area contributed by atoms with Crippen molar-refractivity contribution in [1.29, 1.82) is 0 Å². The minimum Gasteiger partial charge on any atom is -0.398 e. The number of halogens is 1. The number of benzene rings is 1. The van der Waals surface area contributed by atoms with Crippen molar-refractivity contribution in [1.82, 2.24) is 10.3 Å². The lowest BCUT2D eigenvalue weighted by Crippen LogP contribution is -2.23. The van der Waals surface area contributed by atoms with E-state index in [0.29, 0.717) is 22.8 Å². The Bertz CT molecular complexity index is 582. The van der Waals surface area contributed by atoms with E-state index in [1.807, 2.05) is 12.3 Å². The number of amides is 1. The van der Waals surface area contributed by atoms with Gasteiger partial charge in [-0.3, -0.25) is 4.79 Å². The fourth-order valence-electron chi connectivity index (χ4n) is 1.45. The van der Waals surface area contributed by atoms with E-state index in [-0.39, 0.29) is 5.91 Å². The van der Waals surface area contributed by atoms with E-state index < -0.39 is 0 Å². The van der Waals surface area contributed by atoms with Crippen LogP contribution >= 0.6 is 22.9 Å². The van der Waals surface area contributed by atoms with E-state index in [4.69, 9.17) is 17.3 Å². The summed E-state index contributed by atoms with van der Waals surface area (Å²) in [6, 6.07) is 4.81. The molecule has 0 aliphatic heterocycles. The first-order chi connectivity index (χ1) is 8.56. The van der Waals surface area contributed by atoms with Gasteiger partial charge in [-0.15, -0.1) is 11.3 Å². The number of carbonyl (C=O) groups excluding carboxylic acids is 1. The van der Waals surface area contributed by atoms with E-state index in [2.05, 4.69) is 10.3 Å². The summed E-state index contributed by atoms with van der Waals surface area (Å²) in [5, 5.41) is 6.13. The standard InChI is InChI=1S/C12H12ClN3OS/c1-7-16-9(6-18-7)5-15-12(17)8-2-3-10(13)11(14)4-8/h2-4,6H,5,14H2,1H3,(H,15,17). The summed E-state index contributed by atoms with van der Waals surface area (Å²) in [5.74, 6) is -0.191. The summed E-state index contributed by atoms with van der Waals surface area (Å²) in [7, 11) is 0. The van der Waals surface area contributed by atoms with Crippen molar-refractivity contribution < 1.29 is 4.79 Å². The van der Waals surface area contributed by atoms with E-state index in [9.17, 15) is 4.79 Å². The molecule has 1 heterocycles. The minimum atomic E-state index is -0.191. The molecule has 4 nitrogen and oxygen atoms in total. The molecule has 0 radical (unpaired) electrons. The van der Waals surface area contributed by atoms with Crippen LogP contribution in [0.4, 0.5) is 5.69 Å². The van der Waals surface area contributed by atoms with Gasteiger partial charge in [0.1, 0.15) is 0 Å². The topological polar surface area (TPSA) is 68.0 Å². The quantitative estimate of drug-likeness (QED) is 0.850. The molecular formula is C12H12ClN3OS. The van der Waals surface area contributed by atoms with Crippen molar-refractivity contribution in [2.75, 3.05) is 5.73 Å². The van der Waals surface area contributed by atoms with Gasteiger partial charge in [0, 0.05) is 10.9 Å². The highest BCUT2D eigenvalue weighted by Crippen LogP contribution is 2.19. The molecule has 0 aliphatic rings. The van der Waals surface area contributed by atoms with Crippen LogP contribution in [0.1, 0.15) is 21.1 Å². The lowest BCUT2D eigenvalue weighted by atomic mass is 10.2. The lowest BCUT2D eigenvalue weighted by molar-refractivity contribution is 0.0950. The van der Waals surface area contributed by atoms with Crippen LogP contribution in [0.15, 0.2) is 23.6 Å². The molecule has 1 amide bonds. The number of nitrogens with one attached hydrogen (secondary N) is 1. The average Bonchev–Trinajstić information content (AvgIpc) is 2.75. The Kier molecular flexibility index (Phi) is 3.84. The second-order valence-corrected chi connectivity index (χ2v) is 5.25. The van der Waals surface area contributed by atoms with Crippen molar-refractivity contribution in [2.45, 2.75) is 13.5 Å². The fraction of sp³-hybridized carbons (Fsp3) is 0.167. The van der Waals surface area contributed by atoms with Crippen LogP contribution in [0.3, 0.4) is 0 Å². The largest absolute Gasteiger partial charge is 0.398 e. The first kappa shape index (κ1) is 12.9. The van der Waals surface area contributed by atoms with Gasteiger partial charge >= 0.3 is 0 Å². The fourth-order valence-corrected chi connectivity index (χ4v) is 2.18. The maximum atomic E-state index is 11.9. The number of nitrogens with two attached hydrogens (primary N) is 1. The molecule has 0 saturated heterocycles. The van der Waals surface area contributed by atoms with E-state index in [0.717, 1.165) is 10.7 Å². The van der Waals surface area contributed by atoms with E-state index >= 15 is 0 Å². The molecule has 2 rings (SSSR count). The zero-order chi connectivity index (χ0) is 13.1. The maximum Gasteiger partial charge on any atom is 0.251 e. The van der Waals surface area contributed by atoms with E-state index in [1.165, 1.54) is 0 Å². The Labute approximate surface area is 114 Å². The van der Waals surface area contributed by atoms with Crippen molar-refractivity contribution in [2.24, 2.45) is 0 Å². The Balaban J connectivity index is 2.01. The molecule has 94 valence electrons. The molecule has 1 aromatic carbocycles. The first-order valence-corrected chi connectivity index (χ1v) is 6.56. The molecule has 1 aromatic heterocycles. The molecule has 0 spiro atoms. The molecule has 2 aromatic rings. The van der Waals surface area contributed by atoms with Crippen molar-refractivity contribution in [3.63, 3.8) is 0 Å². The number of anilines is 1. The summed E-state index contributed by atoms with van der Waals surface area (Å²) in [4.78, 5) is 16.1. The summed E-state index contributed by atoms with van der Waals surface area (Å²) in [5.41, 5.74) is 7.39. The van der Waals surface area contributed by atoms with Gasteiger partial charge in [0.2, 0.25) is 0 Å². The monoisotopic (exact) mass is 281 g/mol. The van der Waals surface area contributed by atoms with Crippen LogP contribution in [0, 0.1) is 6.92 Å². The van der Waals surface area contributed by atoms with Gasteiger partial charge in [0.05, 0.1) is 28.0 Å². The van der Waals surface area contributed by atoms with Crippen LogP contribution in [-0.4, -0.2) is 10.9 Å². The van der Waals surface area contributed by atoms with Gasteiger partial charge in [-0.25, -0.2) is 4.98 Å². The third kappa shape index (κ3) is 3.00. The number of aromatic nitrogens is 1. The number of rotatable bonds is 3. The Morgan fingerprint density at radius 3 is 2.94 bits per heavy atom. The number of aryl methyl sites for hydroxylation is 1. The molecule has 6 heteroatoms. The number of nitrogens with zero attached hydrogens (tertiary/aromatic N) is 1. The van der Waals surface area contributed by atoms with Gasteiger partial charge in [-0.2, -0.15) is 0 Å². The normalized spacial score (nSPS) is 10.3. The first-order valence-electron chi connectivity index (χ1n) is 5.30. The molecule has 0 saturated carbocycles. The van der Waals surface area contributed by atoms with Gasteiger partial charge in [-0.05, 0) is 25.1 Å². The molecule has 0 atom stereocenters. The summed E-state index contributed by atoms with van der Waals surface area (Å²) in [6.07, 6.45) is 0. The zero-order valence-corrected chi connectivity index (χ0v) is 11.3. The van der Waals surface area contributed by atoms with Gasteiger partial charge < -0.3 is 11.1 Å². The highest BCUT2D eigenvalue weighted by Gasteiger charge is 2.08. The van der Waals surface area contributed by atoms with E-state index in [1.54, 1.807) is 29.5 Å². The second-order valence-electron chi connectivity index (χ2n) is 3.78. The SMILES string of the molecule is Cc1nc(CNC(=O)c2ccc(Cl)c(N)c2)cs1. The van der Waals surface area contributed by atoms with Gasteiger partial charge in [-0.1, -0.05) is 11.6 Å². The number of thiazole rings is 1. The van der Waals surface area contributed by atoms with Gasteiger partial charge in [0.15, 0.2) is 0 Å². The van der Waals surface area contributed by atoms with Gasteiger partial charge in [0.25, 0.3) is 5.91 Å². The second kappa shape index (κ2) is 5.37. The molecule has 3 N–H and O–H groups in total. The third-order valence-electron chi connectivity index (χ3n) is 2.35. The lowest BCUT2D eigenvalue weighted by Gasteiger charge is -2.05. The number of hydrogen-bond acceptors (Lipinski definition) is 4. The maximum absolute atomic E-state index is 11.9. The minimum absolute atomic E-state index is 0.191. The third-order valence-corrected chi connectivity index (χ3v) is 3.52. The Morgan fingerprint density at radius 1 is 1.56 bits per heavy atom. The van der Waals surface area contributed by atoms with Crippen LogP contribution < -0.4 is 11.1 Å². The molecule has 0 bridgehead atoms. The van der Waals surface area contributed by atoms with Crippen LogP contribution in [0.25, 0.3) is 0 Å². The highest BCUT2D eigenvalue weighted by atomic mass is 35.5. The Morgan fingerprint density at radius 2 is 2.33 bits per heavy atom. The number of nitrogen functional groups attached to an aromatic ring is 1. The average molecular weight is 282 g/mol. The highest BCUT2D eigenvalue weighted by molar-refractivity contribution is 7.09. The molecule has 0 unspecified atom stereocenters. The van der Waals surface area contributed by atoms with Crippen LogP contribution in [0.5, 0.6) is 0 Å². The van der Waals surface area contributed by atoms with Crippen LogP contribution in [0.2, 0.25) is 5.02 Å². The summed E-state index contributed by atoms with van der Waals surface area (Å²) < 4.78 is 0. The summed E-state index contributed by atoms with van der Waals surface area (Å²) >= 11 is 7.35. The number of hydrogen-bond donors (Lipinski definition) is 2. The predicted octanol–water partition coefficient (Wildman–Crippen LogP) is 2.62.